The van der Waals surface area contributed by atoms with Gasteiger partial charge in [0.2, 0.25) is 0 Å². The lowest BCUT2D eigenvalue weighted by Gasteiger charge is -2.58. The van der Waals surface area contributed by atoms with E-state index in [1.807, 2.05) is 0 Å². The summed E-state index contributed by atoms with van der Waals surface area (Å²) in [6, 6.07) is 0. The molecule has 0 aliphatic heterocycles. The van der Waals surface area contributed by atoms with Crippen LogP contribution in [0.1, 0.15) is 65.2 Å². The average molecular weight is 306 g/mol. The first-order chi connectivity index (χ1) is 10.3. The van der Waals surface area contributed by atoms with Crippen LogP contribution in [-0.4, -0.2) is 17.7 Å². The van der Waals surface area contributed by atoms with Gasteiger partial charge in [0.25, 0.3) is 0 Å². The number of Topliss-reactive ketones (excluding diaryl/α,β-unsaturated/α-hetero) is 2. The second-order valence-electron chi connectivity index (χ2n) is 9.10. The summed E-state index contributed by atoms with van der Waals surface area (Å²) in [5.41, 5.74) is 0.00174. The Hall–Kier alpha value is -0.730. The van der Waals surface area contributed by atoms with Crippen molar-refractivity contribution >= 4 is 11.6 Å². The summed E-state index contributed by atoms with van der Waals surface area (Å²) in [5.74, 6) is 1.68. The van der Waals surface area contributed by atoms with Crippen LogP contribution >= 0.6 is 0 Å². The molecule has 0 aromatic rings. The first kappa shape index (κ1) is 14.8. The van der Waals surface area contributed by atoms with Crippen LogP contribution in [0.15, 0.2) is 0 Å². The summed E-state index contributed by atoms with van der Waals surface area (Å²) < 4.78 is 14.1. The lowest BCUT2D eigenvalue weighted by atomic mass is 9.45. The predicted molar refractivity (Wildman–Crippen MR) is 82.0 cm³/mol. The van der Waals surface area contributed by atoms with E-state index < -0.39 is 6.17 Å². The van der Waals surface area contributed by atoms with Crippen molar-refractivity contribution in [2.24, 2.45) is 34.5 Å². The van der Waals surface area contributed by atoms with Gasteiger partial charge >= 0.3 is 0 Å². The van der Waals surface area contributed by atoms with Gasteiger partial charge in [0.15, 0.2) is 0 Å². The number of ketones is 2. The van der Waals surface area contributed by atoms with Crippen molar-refractivity contribution in [3.63, 3.8) is 0 Å². The topological polar surface area (TPSA) is 34.1 Å². The van der Waals surface area contributed by atoms with Crippen LogP contribution in [0.2, 0.25) is 0 Å². The number of carbonyl (C=O) groups excluding carboxylic acids is 2. The summed E-state index contributed by atoms with van der Waals surface area (Å²) in [6.07, 6.45) is 5.32. The fourth-order valence-electron chi connectivity index (χ4n) is 6.77. The second kappa shape index (κ2) is 4.64. The van der Waals surface area contributed by atoms with Crippen molar-refractivity contribution in [3.05, 3.63) is 0 Å². The summed E-state index contributed by atoms with van der Waals surface area (Å²) in [5, 5.41) is 0. The van der Waals surface area contributed by atoms with Gasteiger partial charge in [0, 0.05) is 25.2 Å². The van der Waals surface area contributed by atoms with Crippen molar-refractivity contribution in [2.75, 3.05) is 0 Å². The molecule has 0 unspecified atom stereocenters. The fourth-order valence-corrected chi connectivity index (χ4v) is 6.77. The second-order valence-corrected chi connectivity index (χ2v) is 9.10. The van der Waals surface area contributed by atoms with Gasteiger partial charge < -0.3 is 0 Å². The normalized spacial score (nSPS) is 54.6. The zero-order valence-electron chi connectivity index (χ0n) is 13.7. The summed E-state index contributed by atoms with van der Waals surface area (Å²) >= 11 is 0. The Bertz CT molecular complexity index is 530. The van der Waals surface area contributed by atoms with Crippen LogP contribution in [0, 0.1) is 34.5 Å². The van der Waals surface area contributed by atoms with Crippen molar-refractivity contribution in [1.29, 1.82) is 0 Å². The van der Waals surface area contributed by atoms with E-state index >= 15 is 0 Å². The molecule has 4 saturated carbocycles. The quantitative estimate of drug-likeness (QED) is 0.675. The van der Waals surface area contributed by atoms with Crippen molar-refractivity contribution < 1.29 is 14.0 Å². The van der Waals surface area contributed by atoms with Crippen LogP contribution in [0.25, 0.3) is 0 Å². The molecule has 4 rings (SSSR count). The lowest BCUT2D eigenvalue weighted by molar-refractivity contribution is -0.158. The van der Waals surface area contributed by atoms with E-state index in [9.17, 15) is 14.0 Å². The molecule has 122 valence electrons. The number of hydrogen-bond donors (Lipinski definition) is 0. The highest BCUT2D eigenvalue weighted by Crippen LogP contribution is 2.65. The van der Waals surface area contributed by atoms with Gasteiger partial charge in [-0.25, -0.2) is 4.39 Å². The van der Waals surface area contributed by atoms with Crippen LogP contribution < -0.4 is 0 Å². The number of rotatable bonds is 0. The molecule has 0 amide bonds. The third-order valence-electron chi connectivity index (χ3n) is 7.93. The van der Waals surface area contributed by atoms with E-state index in [1.54, 1.807) is 0 Å². The van der Waals surface area contributed by atoms with Crippen LogP contribution in [0.5, 0.6) is 0 Å². The fraction of sp³-hybridized carbons (Fsp3) is 0.895. The molecule has 0 heterocycles. The molecule has 0 aromatic heterocycles. The molecule has 0 spiro atoms. The van der Waals surface area contributed by atoms with E-state index in [-0.39, 0.29) is 22.7 Å². The molecule has 0 bridgehead atoms. The number of carbonyl (C=O) groups is 2. The monoisotopic (exact) mass is 306 g/mol. The SMILES string of the molecule is C[C@]12CC[C@H]3[C@@H](C(=O)C[C@H]4CCC(=O)C[C@@]43C)[C@@H]1C[C@@H](F)C2. The van der Waals surface area contributed by atoms with E-state index in [2.05, 4.69) is 13.8 Å². The third-order valence-corrected chi connectivity index (χ3v) is 7.93. The maximum atomic E-state index is 14.1. The first-order valence-corrected chi connectivity index (χ1v) is 9.02. The highest BCUT2D eigenvalue weighted by atomic mass is 19.1. The molecular formula is C19H27FO2. The number of hydrogen-bond acceptors (Lipinski definition) is 2. The van der Waals surface area contributed by atoms with Crippen molar-refractivity contribution in [3.8, 4) is 0 Å². The van der Waals surface area contributed by atoms with E-state index in [0.29, 0.717) is 55.5 Å². The highest BCUT2D eigenvalue weighted by Gasteiger charge is 2.62. The average Bonchev–Trinajstić information content (AvgIpc) is 2.74. The van der Waals surface area contributed by atoms with Crippen LogP contribution in [0.4, 0.5) is 4.39 Å². The van der Waals surface area contributed by atoms with E-state index in [1.165, 1.54) is 0 Å². The zero-order valence-corrected chi connectivity index (χ0v) is 13.7. The van der Waals surface area contributed by atoms with Gasteiger partial charge in [-0.2, -0.15) is 0 Å². The number of halogens is 1. The molecule has 4 aliphatic rings. The molecular weight excluding hydrogens is 279 g/mol. The Labute approximate surface area is 132 Å². The van der Waals surface area contributed by atoms with Crippen molar-refractivity contribution in [2.45, 2.75) is 71.4 Å². The van der Waals surface area contributed by atoms with Gasteiger partial charge in [0.05, 0.1) is 0 Å². The molecule has 0 radical (unpaired) electrons. The van der Waals surface area contributed by atoms with Gasteiger partial charge in [0.1, 0.15) is 17.7 Å². The molecule has 7 atom stereocenters. The maximum absolute atomic E-state index is 14.1. The molecule has 4 fully saturated rings. The Morgan fingerprint density at radius 3 is 2.68 bits per heavy atom. The largest absolute Gasteiger partial charge is 0.300 e. The summed E-state index contributed by atoms with van der Waals surface area (Å²) in [4.78, 5) is 25.0. The Kier molecular flexibility index (Phi) is 3.13. The predicted octanol–water partition coefficient (Wildman–Crippen LogP) is 4.12. The molecule has 4 aliphatic carbocycles. The Morgan fingerprint density at radius 1 is 1.14 bits per heavy atom. The van der Waals surface area contributed by atoms with E-state index in [4.69, 9.17) is 0 Å². The first-order valence-electron chi connectivity index (χ1n) is 9.02. The minimum atomic E-state index is -0.736. The molecule has 0 N–H and O–H groups in total. The highest BCUT2D eigenvalue weighted by molar-refractivity contribution is 5.86. The Morgan fingerprint density at radius 2 is 1.91 bits per heavy atom. The minimum absolute atomic E-state index is 0.0103. The van der Waals surface area contributed by atoms with Gasteiger partial charge in [-0.05, 0) is 60.7 Å². The smallest absolute Gasteiger partial charge is 0.136 e. The molecule has 2 nitrogen and oxygen atoms in total. The molecule has 22 heavy (non-hydrogen) atoms. The number of fused-ring (bicyclic) bond motifs is 5. The third kappa shape index (κ3) is 1.89. The zero-order chi connectivity index (χ0) is 15.7. The lowest BCUT2D eigenvalue weighted by Crippen LogP contribution is -2.56. The standard InChI is InChI=1S/C19H27FO2/c1-18-6-5-14-17(15(18)8-12(20)9-18)16(22)7-11-3-4-13(21)10-19(11,14)2/h11-12,14-15,17H,3-10H2,1-2H3/t11-,12-,14+,15+,17-,18-,19+/m1/s1. The molecule has 0 aromatic carbocycles. The minimum Gasteiger partial charge on any atom is -0.300 e. The molecule has 3 heteroatoms. The Balaban J connectivity index is 1.71. The van der Waals surface area contributed by atoms with Gasteiger partial charge in [-0.3, -0.25) is 9.59 Å². The van der Waals surface area contributed by atoms with Crippen molar-refractivity contribution in [1.82, 2.24) is 0 Å². The van der Waals surface area contributed by atoms with E-state index in [0.717, 1.165) is 19.3 Å². The van der Waals surface area contributed by atoms with Gasteiger partial charge in [-0.1, -0.05) is 13.8 Å². The summed E-state index contributed by atoms with van der Waals surface area (Å²) in [6.45, 7) is 4.45. The maximum Gasteiger partial charge on any atom is 0.136 e. The summed E-state index contributed by atoms with van der Waals surface area (Å²) in [7, 11) is 0. The van der Waals surface area contributed by atoms with Crippen LogP contribution in [-0.2, 0) is 9.59 Å². The van der Waals surface area contributed by atoms with Gasteiger partial charge in [-0.15, -0.1) is 0 Å². The number of alkyl halides is 1. The molecule has 0 saturated heterocycles. The van der Waals surface area contributed by atoms with Crippen LogP contribution in [0.3, 0.4) is 0 Å².